The minimum absolute atomic E-state index is 0.161. The molecule has 5 heteroatoms. The van der Waals surface area contributed by atoms with Crippen LogP contribution in [0, 0.1) is 6.92 Å². The van der Waals surface area contributed by atoms with E-state index in [9.17, 15) is 4.79 Å². The largest absolute Gasteiger partial charge is 0.478 e. The van der Waals surface area contributed by atoms with E-state index in [-0.39, 0.29) is 5.56 Å². The maximum absolute atomic E-state index is 10.9. The Kier molecular flexibility index (Phi) is 3.85. The van der Waals surface area contributed by atoms with E-state index >= 15 is 0 Å². The lowest BCUT2D eigenvalue weighted by Gasteiger charge is -2.08. The average Bonchev–Trinajstić information content (AvgIpc) is 2.14. The highest BCUT2D eigenvalue weighted by molar-refractivity contribution is 9.11. The summed E-state index contributed by atoms with van der Waals surface area (Å²) in [5.41, 5.74) is 1.48. The van der Waals surface area contributed by atoms with Crippen LogP contribution in [-0.2, 0) is 0 Å². The molecule has 0 radical (unpaired) electrons. The Balaban J connectivity index is 2.96. The number of aryl methyl sites for hydroxylation is 1. The highest BCUT2D eigenvalue weighted by atomic mass is 79.9. The number of carboxylic acid groups (broad SMARTS) is 1. The van der Waals surface area contributed by atoms with E-state index in [1.807, 2.05) is 0 Å². The quantitative estimate of drug-likeness (QED) is 0.882. The molecule has 0 saturated carbocycles. The molecule has 1 aromatic heterocycles. The van der Waals surface area contributed by atoms with Crippen LogP contribution in [0.1, 0.15) is 16.1 Å². The fourth-order valence-electron chi connectivity index (χ4n) is 1.07. The first kappa shape index (κ1) is 11.7. The Morgan fingerprint density at radius 2 is 2.40 bits per heavy atom. The zero-order valence-electron chi connectivity index (χ0n) is 8.25. The van der Waals surface area contributed by atoms with Crippen LogP contribution >= 0.6 is 15.9 Å². The van der Waals surface area contributed by atoms with E-state index in [0.29, 0.717) is 12.2 Å². The van der Waals surface area contributed by atoms with Crippen molar-refractivity contribution in [2.24, 2.45) is 0 Å². The highest BCUT2D eigenvalue weighted by Gasteiger charge is 2.10. The Morgan fingerprint density at radius 3 is 2.93 bits per heavy atom. The number of aromatic nitrogens is 1. The van der Waals surface area contributed by atoms with E-state index in [1.165, 1.54) is 6.20 Å². The van der Waals surface area contributed by atoms with Gasteiger partial charge in [-0.3, -0.25) is 4.98 Å². The fourth-order valence-corrected chi connectivity index (χ4v) is 1.21. The minimum Gasteiger partial charge on any atom is -0.478 e. The van der Waals surface area contributed by atoms with Crippen molar-refractivity contribution in [1.29, 1.82) is 0 Å². The molecule has 0 bridgehead atoms. The summed E-state index contributed by atoms with van der Waals surface area (Å²) in [5, 5.41) is 11.9. The first-order valence-electron chi connectivity index (χ1n) is 4.28. The smallest absolute Gasteiger partial charge is 0.339 e. The molecule has 0 spiro atoms. The summed E-state index contributed by atoms with van der Waals surface area (Å²) in [6, 6.07) is 1.69. The number of aromatic carboxylic acids is 1. The summed E-state index contributed by atoms with van der Waals surface area (Å²) in [6.45, 7) is 5.94. The summed E-state index contributed by atoms with van der Waals surface area (Å²) in [4.78, 5) is 14.8. The molecule has 1 rings (SSSR count). The zero-order chi connectivity index (χ0) is 11.4. The number of anilines is 1. The van der Waals surface area contributed by atoms with Gasteiger partial charge in [0, 0.05) is 22.9 Å². The van der Waals surface area contributed by atoms with Crippen LogP contribution in [-0.4, -0.2) is 22.6 Å². The molecule has 0 amide bonds. The van der Waals surface area contributed by atoms with Crippen LogP contribution in [0.3, 0.4) is 0 Å². The normalized spacial score (nSPS) is 9.73. The number of hydrogen-bond acceptors (Lipinski definition) is 3. The summed E-state index contributed by atoms with van der Waals surface area (Å²) in [6.07, 6.45) is 1.34. The maximum Gasteiger partial charge on any atom is 0.339 e. The van der Waals surface area contributed by atoms with Gasteiger partial charge in [0.05, 0.1) is 5.69 Å². The van der Waals surface area contributed by atoms with Crippen molar-refractivity contribution in [2.75, 3.05) is 11.9 Å². The molecule has 0 fully saturated rings. The first-order chi connectivity index (χ1) is 7.00. The second kappa shape index (κ2) is 4.93. The highest BCUT2D eigenvalue weighted by Crippen LogP contribution is 2.16. The molecule has 0 aliphatic carbocycles. The summed E-state index contributed by atoms with van der Waals surface area (Å²) in [5.74, 6) is -0.995. The predicted octanol–water partition coefficient (Wildman–Crippen LogP) is 2.41. The molecular weight excluding hydrogens is 260 g/mol. The van der Waals surface area contributed by atoms with Gasteiger partial charge in [-0.05, 0) is 13.0 Å². The van der Waals surface area contributed by atoms with Gasteiger partial charge >= 0.3 is 5.97 Å². The SMILES string of the molecule is C=C(Br)CNc1cc(C)ncc1C(=O)O. The lowest BCUT2D eigenvalue weighted by atomic mass is 10.2. The number of pyridine rings is 1. The zero-order valence-corrected chi connectivity index (χ0v) is 9.84. The second-order valence-corrected chi connectivity index (χ2v) is 4.17. The van der Waals surface area contributed by atoms with Gasteiger partial charge in [0.2, 0.25) is 0 Å². The molecule has 15 heavy (non-hydrogen) atoms. The standard InChI is InChI=1S/C10H11BrN2O2/c1-6(11)4-13-9-3-7(2)12-5-8(9)10(14)15/h3,5H,1,4H2,2H3,(H,12,13)(H,14,15). The van der Waals surface area contributed by atoms with Crippen LogP contribution < -0.4 is 5.32 Å². The average molecular weight is 271 g/mol. The molecule has 0 unspecified atom stereocenters. The third kappa shape index (κ3) is 3.36. The number of carboxylic acids is 1. The van der Waals surface area contributed by atoms with Crippen LogP contribution in [0.15, 0.2) is 23.3 Å². The Hall–Kier alpha value is -1.36. The lowest BCUT2D eigenvalue weighted by Crippen LogP contribution is -2.08. The summed E-state index contributed by atoms with van der Waals surface area (Å²) in [7, 11) is 0. The van der Waals surface area contributed by atoms with Gasteiger partial charge in [-0.1, -0.05) is 22.5 Å². The number of carbonyl (C=O) groups is 1. The monoisotopic (exact) mass is 270 g/mol. The number of nitrogens with zero attached hydrogens (tertiary/aromatic N) is 1. The molecule has 2 N–H and O–H groups in total. The van der Waals surface area contributed by atoms with Gasteiger partial charge in [0.1, 0.15) is 5.56 Å². The molecule has 0 aromatic carbocycles. The molecule has 80 valence electrons. The van der Waals surface area contributed by atoms with Gasteiger partial charge in [-0.25, -0.2) is 4.79 Å². The second-order valence-electron chi connectivity index (χ2n) is 3.05. The van der Waals surface area contributed by atoms with Crippen LogP contribution in [0.4, 0.5) is 5.69 Å². The van der Waals surface area contributed by atoms with E-state index in [4.69, 9.17) is 5.11 Å². The third-order valence-electron chi connectivity index (χ3n) is 1.74. The Bertz CT molecular complexity index is 404. The molecule has 0 atom stereocenters. The van der Waals surface area contributed by atoms with Gasteiger partial charge in [0.15, 0.2) is 0 Å². The number of halogens is 1. The van der Waals surface area contributed by atoms with Gasteiger partial charge in [-0.2, -0.15) is 0 Å². The molecule has 1 heterocycles. The summed E-state index contributed by atoms with van der Waals surface area (Å²) < 4.78 is 0.758. The fraction of sp³-hybridized carbons (Fsp3) is 0.200. The van der Waals surface area contributed by atoms with Crippen molar-refractivity contribution >= 4 is 27.6 Å². The topological polar surface area (TPSA) is 62.2 Å². The molecule has 4 nitrogen and oxygen atoms in total. The Morgan fingerprint density at radius 1 is 1.73 bits per heavy atom. The van der Waals surface area contributed by atoms with Crippen molar-refractivity contribution in [3.8, 4) is 0 Å². The van der Waals surface area contributed by atoms with Crippen LogP contribution in [0.2, 0.25) is 0 Å². The van der Waals surface area contributed by atoms with Crippen LogP contribution in [0.5, 0.6) is 0 Å². The Labute approximate surface area is 96.2 Å². The molecule has 1 aromatic rings. The van der Waals surface area contributed by atoms with Gasteiger partial charge < -0.3 is 10.4 Å². The van der Waals surface area contributed by atoms with Gasteiger partial charge in [-0.15, -0.1) is 0 Å². The summed E-state index contributed by atoms with van der Waals surface area (Å²) >= 11 is 3.19. The van der Waals surface area contributed by atoms with Crippen molar-refractivity contribution in [3.05, 3.63) is 34.6 Å². The lowest BCUT2D eigenvalue weighted by molar-refractivity contribution is 0.0697. The van der Waals surface area contributed by atoms with E-state index in [2.05, 4.69) is 32.8 Å². The number of rotatable bonds is 4. The number of nitrogens with one attached hydrogen (secondary N) is 1. The molecule has 0 saturated heterocycles. The van der Waals surface area contributed by atoms with E-state index in [1.54, 1.807) is 13.0 Å². The van der Waals surface area contributed by atoms with Crippen LogP contribution in [0.25, 0.3) is 0 Å². The van der Waals surface area contributed by atoms with Crippen molar-refractivity contribution in [2.45, 2.75) is 6.92 Å². The van der Waals surface area contributed by atoms with E-state index in [0.717, 1.165) is 10.2 Å². The molecule has 0 aliphatic heterocycles. The maximum atomic E-state index is 10.9. The molecular formula is C10H11BrN2O2. The van der Waals surface area contributed by atoms with Crippen molar-refractivity contribution in [3.63, 3.8) is 0 Å². The minimum atomic E-state index is -0.995. The predicted molar refractivity (Wildman–Crippen MR) is 62.5 cm³/mol. The van der Waals surface area contributed by atoms with Crippen molar-refractivity contribution < 1.29 is 9.90 Å². The van der Waals surface area contributed by atoms with E-state index < -0.39 is 5.97 Å². The third-order valence-corrected chi connectivity index (χ3v) is 2.02. The van der Waals surface area contributed by atoms with Gasteiger partial charge in [0.25, 0.3) is 0 Å². The number of hydrogen-bond donors (Lipinski definition) is 2. The molecule has 0 aliphatic rings. The first-order valence-corrected chi connectivity index (χ1v) is 5.07. The van der Waals surface area contributed by atoms with Crippen molar-refractivity contribution in [1.82, 2.24) is 4.98 Å².